The van der Waals surface area contributed by atoms with Gasteiger partial charge in [0.2, 0.25) is 5.88 Å². The van der Waals surface area contributed by atoms with Gasteiger partial charge in [-0.2, -0.15) is 0 Å². The van der Waals surface area contributed by atoms with Crippen LogP contribution in [0.5, 0.6) is 17.4 Å². The number of amides is 1. The molecule has 2 heterocycles. The lowest BCUT2D eigenvalue weighted by atomic mass is 9.85. The van der Waals surface area contributed by atoms with Gasteiger partial charge in [-0.05, 0) is 81.0 Å². The van der Waals surface area contributed by atoms with E-state index in [-0.39, 0.29) is 29.3 Å². The minimum atomic E-state index is -0.746. The third kappa shape index (κ3) is 6.96. The number of primary amides is 1. The SMILES string of the molecule is CC(C)(Cc1ccc(Oc2ncccc2C(N)=O)cc1)NC[C@H](O)COc1cccc2[nH]c(=O)n(CC3CCC3)c12. The van der Waals surface area contributed by atoms with Crippen LogP contribution in [0.2, 0.25) is 0 Å². The van der Waals surface area contributed by atoms with Crippen LogP contribution >= 0.6 is 0 Å². The van der Waals surface area contributed by atoms with Gasteiger partial charge in [0.1, 0.15) is 35.3 Å². The van der Waals surface area contributed by atoms with E-state index >= 15 is 0 Å². The Morgan fingerprint density at radius 3 is 2.68 bits per heavy atom. The molecule has 0 spiro atoms. The summed E-state index contributed by atoms with van der Waals surface area (Å²) in [6.45, 7) is 5.25. The fourth-order valence-corrected chi connectivity index (χ4v) is 5.07. The Bertz CT molecular complexity index is 1560. The summed E-state index contributed by atoms with van der Waals surface area (Å²) in [7, 11) is 0. The third-order valence-electron chi connectivity index (χ3n) is 7.49. The lowest BCUT2D eigenvalue weighted by Gasteiger charge is -2.28. The summed E-state index contributed by atoms with van der Waals surface area (Å²) in [5.41, 5.74) is 7.75. The highest BCUT2D eigenvalue weighted by molar-refractivity contribution is 5.95. The van der Waals surface area contributed by atoms with Crippen LogP contribution in [0.25, 0.3) is 11.0 Å². The molecular weight excluding hydrogens is 522 g/mol. The number of para-hydroxylation sites is 1. The molecule has 0 aliphatic heterocycles. The number of benzene rings is 2. The first-order valence-corrected chi connectivity index (χ1v) is 14.0. The number of aromatic amines is 1. The number of carbonyl (C=O) groups is 1. The maximum absolute atomic E-state index is 12.6. The Labute approximate surface area is 238 Å². The number of aliphatic hydroxyl groups is 1. The lowest BCUT2D eigenvalue weighted by molar-refractivity contribution is 0.0993. The molecular formula is C31H37N5O5. The van der Waals surface area contributed by atoms with Crippen LogP contribution in [0, 0.1) is 5.92 Å². The quantitative estimate of drug-likeness (QED) is 0.195. The summed E-state index contributed by atoms with van der Waals surface area (Å²) in [5, 5.41) is 14.1. The van der Waals surface area contributed by atoms with Crippen LogP contribution in [-0.4, -0.2) is 50.3 Å². The number of nitrogens with two attached hydrogens (primary N) is 1. The Morgan fingerprint density at radius 2 is 1.98 bits per heavy atom. The lowest BCUT2D eigenvalue weighted by Crippen LogP contribution is -2.46. The van der Waals surface area contributed by atoms with Crippen molar-refractivity contribution < 1.29 is 19.4 Å². The zero-order valence-corrected chi connectivity index (χ0v) is 23.4. The first-order chi connectivity index (χ1) is 19.7. The largest absolute Gasteiger partial charge is 0.489 e. The molecule has 1 aliphatic rings. The molecule has 0 radical (unpaired) electrons. The summed E-state index contributed by atoms with van der Waals surface area (Å²) in [5.74, 6) is 1.23. The number of fused-ring (bicyclic) bond motifs is 1. The second-order valence-electron chi connectivity index (χ2n) is 11.4. The van der Waals surface area contributed by atoms with Crippen LogP contribution in [0.3, 0.4) is 0 Å². The maximum atomic E-state index is 12.6. The topological polar surface area (TPSA) is 144 Å². The summed E-state index contributed by atoms with van der Waals surface area (Å²) >= 11 is 0. The molecule has 216 valence electrons. The van der Waals surface area contributed by atoms with E-state index in [0.29, 0.717) is 36.9 Å². The first kappa shape index (κ1) is 28.4. The number of β-amino-alcohol motifs (C(OH)–C–C–N with tert-alkyl or cyclic N) is 1. The Balaban J connectivity index is 1.14. The summed E-state index contributed by atoms with van der Waals surface area (Å²) in [6.07, 6.45) is 4.99. The van der Waals surface area contributed by atoms with Crippen molar-refractivity contribution in [2.24, 2.45) is 11.7 Å². The van der Waals surface area contributed by atoms with Crippen molar-refractivity contribution in [2.75, 3.05) is 13.2 Å². The fraction of sp³-hybridized carbons (Fsp3) is 0.387. The van der Waals surface area contributed by atoms with Crippen molar-refractivity contribution in [1.29, 1.82) is 0 Å². The molecule has 2 aromatic heterocycles. The van der Waals surface area contributed by atoms with Gasteiger partial charge in [-0.25, -0.2) is 9.78 Å². The van der Waals surface area contributed by atoms with E-state index in [1.165, 1.54) is 6.42 Å². The van der Waals surface area contributed by atoms with E-state index in [1.807, 2.05) is 42.5 Å². The van der Waals surface area contributed by atoms with Crippen molar-refractivity contribution in [2.45, 2.75) is 57.7 Å². The molecule has 1 amide bonds. The van der Waals surface area contributed by atoms with Crippen LogP contribution in [0.4, 0.5) is 0 Å². The van der Waals surface area contributed by atoms with Crippen LogP contribution in [0.1, 0.15) is 49.0 Å². The third-order valence-corrected chi connectivity index (χ3v) is 7.49. The van der Waals surface area contributed by atoms with Gasteiger partial charge in [0.15, 0.2) is 0 Å². The molecule has 1 fully saturated rings. The minimum absolute atomic E-state index is 0.0951. The number of ether oxygens (including phenoxy) is 2. The molecule has 1 aliphatic carbocycles. The van der Waals surface area contributed by atoms with Crippen molar-refractivity contribution in [3.05, 3.63) is 82.4 Å². The molecule has 0 saturated heterocycles. The number of aromatic nitrogens is 3. The second kappa shape index (κ2) is 12.2. The van der Waals surface area contributed by atoms with E-state index < -0.39 is 12.0 Å². The number of hydrogen-bond donors (Lipinski definition) is 4. The Hall–Kier alpha value is -4.15. The normalized spacial score (nSPS) is 14.5. The number of carbonyl (C=O) groups excluding carboxylic acids is 1. The van der Waals surface area contributed by atoms with E-state index in [2.05, 4.69) is 29.1 Å². The van der Waals surface area contributed by atoms with Gasteiger partial charge in [0, 0.05) is 24.8 Å². The first-order valence-electron chi connectivity index (χ1n) is 14.0. The molecule has 10 nitrogen and oxygen atoms in total. The second-order valence-corrected chi connectivity index (χ2v) is 11.4. The number of aliphatic hydroxyl groups excluding tert-OH is 1. The van der Waals surface area contributed by atoms with E-state index in [0.717, 1.165) is 29.4 Å². The molecule has 1 saturated carbocycles. The highest BCUT2D eigenvalue weighted by Gasteiger charge is 2.23. The molecule has 5 N–H and O–H groups in total. The van der Waals surface area contributed by atoms with Gasteiger partial charge in [0.25, 0.3) is 5.91 Å². The van der Waals surface area contributed by atoms with Gasteiger partial charge in [-0.1, -0.05) is 24.6 Å². The van der Waals surface area contributed by atoms with E-state index in [4.69, 9.17) is 15.2 Å². The molecule has 0 unspecified atom stereocenters. The number of hydrogen-bond acceptors (Lipinski definition) is 7. The van der Waals surface area contributed by atoms with Crippen LogP contribution in [-0.2, 0) is 13.0 Å². The van der Waals surface area contributed by atoms with Crippen molar-refractivity contribution in [3.8, 4) is 17.4 Å². The van der Waals surface area contributed by atoms with Crippen molar-refractivity contribution in [1.82, 2.24) is 19.9 Å². The Morgan fingerprint density at radius 1 is 1.20 bits per heavy atom. The highest BCUT2D eigenvalue weighted by atomic mass is 16.5. The smallest absolute Gasteiger partial charge is 0.326 e. The Kier molecular flexibility index (Phi) is 8.41. The number of nitrogens with one attached hydrogen (secondary N) is 2. The molecule has 4 aromatic rings. The summed E-state index contributed by atoms with van der Waals surface area (Å²) < 4.78 is 13.6. The monoisotopic (exact) mass is 559 g/mol. The predicted molar refractivity (Wildman–Crippen MR) is 156 cm³/mol. The molecule has 5 rings (SSSR count). The van der Waals surface area contributed by atoms with Gasteiger partial charge in [-0.15, -0.1) is 0 Å². The van der Waals surface area contributed by atoms with Gasteiger partial charge in [0.05, 0.1) is 5.52 Å². The fourth-order valence-electron chi connectivity index (χ4n) is 5.07. The molecule has 0 bridgehead atoms. The maximum Gasteiger partial charge on any atom is 0.326 e. The number of rotatable bonds is 13. The van der Waals surface area contributed by atoms with Crippen LogP contribution < -0.4 is 26.2 Å². The minimum Gasteiger partial charge on any atom is -0.489 e. The standard InChI is InChI=1S/C31H37N5O5/c1-31(2,16-20-11-13-23(14-12-20)41-29-24(28(32)38)8-5-15-33-29)34-17-22(37)19-40-26-10-4-9-25-27(26)36(30(39)35-25)18-21-6-3-7-21/h4-5,8-15,21-22,34,37H,3,6-7,16-19H2,1-2H3,(H2,32,38)(H,35,39)/t22-/m0/s1. The summed E-state index contributed by atoms with van der Waals surface area (Å²) in [6, 6.07) is 16.3. The van der Waals surface area contributed by atoms with Crippen molar-refractivity contribution in [3.63, 3.8) is 0 Å². The number of nitrogens with zero attached hydrogens (tertiary/aromatic N) is 2. The van der Waals surface area contributed by atoms with E-state index in [1.54, 1.807) is 22.9 Å². The summed E-state index contributed by atoms with van der Waals surface area (Å²) in [4.78, 5) is 31.2. The van der Waals surface area contributed by atoms with Crippen molar-refractivity contribution >= 4 is 16.9 Å². The van der Waals surface area contributed by atoms with Gasteiger partial charge >= 0.3 is 5.69 Å². The van der Waals surface area contributed by atoms with Gasteiger partial charge in [-0.3, -0.25) is 9.36 Å². The predicted octanol–water partition coefficient (Wildman–Crippen LogP) is 3.77. The zero-order valence-electron chi connectivity index (χ0n) is 23.4. The molecule has 41 heavy (non-hydrogen) atoms. The zero-order chi connectivity index (χ0) is 29.0. The van der Waals surface area contributed by atoms with Crippen LogP contribution in [0.15, 0.2) is 65.6 Å². The molecule has 1 atom stereocenters. The highest BCUT2D eigenvalue weighted by Crippen LogP contribution is 2.31. The molecule has 10 heteroatoms. The average Bonchev–Trinajstić information content (AvgIpc) is 3.24. The van der Waals surface area contributed by atoms with E-state index in [9.17, 15) is 14.7 Å². The molecule has 2 aromatic carbocycles. The average molecular weight is 560 g/mol. The number of H-pyrrole nitrogens is 1. The number of pyridine rings is 1. The van der Waals surface area contributed by atoms with Gasteiger partial charge < -0.3 is 30.6 Å². The number of imidazole rings is 1.